The molecule has 0 spiro atoms. The van der Waals surface area contributed by atoms with E-state index in [9.17, 15) is 4.79 Å². The van der Waals surface area contributed by atoms with Crippen LogP contribution in [-0.2, 0) is 11.3 Å². The number of likely N-dealkylation sites (tertiary alicyclic amines) is 1. The molecule has 1 aliphatic carbocycles. The highest BCUT2D eigenvalue weighted by Crippen LogP contribution is 2.38. The van der Waals surface area contributed by atoms with Crippen LogP contribution in [0.25, 0.3) is 0 Å². The van der Waals surface area contributed by atoms with Crippen LogP contribution in [0.5, 0.6) is 0 Å². The maximum Gasteiger partial charge on any atom is 0.224 e. The minimum Gasteiger partial charge on any atom is -0.342 e. The lowest BCUT2D eigenvalue weighted by molar-refractivity contribution is -0.132. The molecule has 25 heavy (non-hydrogen) atoms. The summed E-state index contributed by atoms with van der Waals surface area (Å²) in [5.74, 6) is 2.97. The van der Waals surface area contributed by atoms with Crippen LogP contribution in [0.3, 0.4) is 0 Å². The third-order valence-corrected chi connectivity index (χ3v) is 5.26. The Morgan fingerprint density at radius 2 is 2.12 bits per heavy atom. The molecule has 134 valence electrons. The van der Waals surface area contributed by atoms with Gasteiger partial charge >= 0.3 is 0 Å². The Morgan fingerprint density at radius 1 is 1.28 bits per heavy atom. The number of carbonyl (C=O) groups is 1. The van der Waals surface area contributed by atoms with Gasteiger partial charge in [0.05, 0.1) is 5.69 Å². The number of aromatic amines is 1. The summed E-state index contributed by atoms with van der Waals surface area (Å²) < 4.78 is 1.92. The van der Waals surface area contributed by atoms with Crippen LogP contribution in [0.1, 0.15) is 67.0 Å². The van der Waals surface area contributed by atoms with Crippen molar-refractivity contribution in [2.45, 2.75) is 64.3 Å². The summed E-state index contributed by atoms with van der Waals surface area (Å²) in [5.41, 5.74) is 2.11. The molecule has 2 aromatic heterocycles. The molecular weight excluding hydrogens is 316 g/mol. The van der Waals surface area contributed by atoms with E-state index in [0.29, 0.717) is 18.9 Å². The maximum absolute atomic E-state index is 12.6. The molecule has 7 heteroatoms. The summed E-state index contributed by atoms with van der Waals surface area (Å²) >= 11 is 0. The lowest BCUT2D eigenvalue weighted by Crippen LogP contribution is -2.39. The van der Waals surface area contributed by atoms with E-state index in [1.807, 2.05) is 29.5 Å². The Balaban J connectivity index is 1.35. The highest BCUT2D eigenvalue weighted by Gasteiger charge is 2.31. The predicted octanol–water partition coefficient (Wildman–Crippen LogP) is 2.29. The van der Waals surface area contributed by atoms with Crippen molar-refractivity contribution in [3.05, 3.63) is 29.1 Å². The molecule has 1 saturated heterocycles. The van der Waals surface area contributed by atoms with E-state index in [2.05, 4.69) is 20.3 Å². The number of hydrogen-bond donors (Lipinski definition) is 1. The topological polar surface area (TPSA) is 79.7 Å². The Bertz CT molecular complexity index is 759. The summed E-state index contributed by atoms with van der Waals surface area (Å²) in [6.07, 6.45) is 5.01. The van der Waals surface area contributed by atoms with Gasteiger partial charge in [-0.1, -0.05) is 0 Å². The van der Waals surface area contributed by atoms with Crippen molar-refractivity contribution < 1.29 is 4.79 Å². The second kappa shape index (κ2) is 6.61. The fourth-order valence-electron chi connectivity index (χ4n) is 3.69. The lowest BCUT2D eigenvalue weighted by atomic mass is 9.97. The van der Waals surface area contributed by atoms with Crippen LogP contribution in [0.4, 0.5) is 0 Å². The number of piperidine rings is 1. The van der Waals surface area contributed by atoms with Gasteiger partial charge in [-0.3, -0.25) is 14.6 Å². The standard InChI is InChI=1S/C18H26N6O/c1-12-10-13(2)24(22-12)9-7-16(25)23-8-3-4-15(11-23)18-19-17(20-21-18)14-5-6-14/h10,14-15H,3-9,11H2,1-2H3,(H,19,20,21). The second-order valence-electron chi connectivity index (χ2n) is 7.43. The Kier molecular flexibility index (Phi) is 4.31. The predicted molar refractivity (Wildman–Crippen MR) is 93.2 cm³/mol. The summed E-state index contributed by atoms with van der Waals surface area (Å²) in [5, 5.41) is 11.9. The fourth-order valence-corrected chi connectivity index (χ4v) is 3.69. The Morgan fingerprint density at radius 3 is 2.84 bits per heavy atom. The highest BCUT2D eigenvalue weighted by molar-refractivity contribution is 5.76. The number of H-pyrrole nitrogens is 1. The monoisotopic (exact) mass is 342 g/mol. The first-order valence-corrected chi connectivity index (χ1v) is 9.31. The number of rotatable bonds is 5. The molecule has 1 N–H and O–H groups in total. The van der Waals surface area contributed by atoms with Gasteiger partial charge in [0.25, 0.3) is 0 Å². The highest BCUT2D eigenvalue weighted by atomic mass is 16.2. The molecule has 1 amide bonds. The van der Waals surface area contributed by atoms with Gasteiger partial charge in [0.15, 0.2) is 5.82 Å². The Labute approximate surface area is 147 Å². The number of nitrogens with one attached hydrogen (secondary N) is 1. The van der Waals surface area contributed by atoms with Crippen LogP contribution >= 0.6 is 0 Å². The van der Waals surface area contributed by atoms with E-state index in [1.54, 1.807) is 0 Å². The van der Waals surface area contributed by atoms with E-state index >= 15 is 0 Å². The lowest BCUT2D eigenvalue weighted by Gasteiger charge is -2.31. The minimum absolute atomic E-state index is 0.204. The van der Waals surface area contributed by atoms with Crippen molar-refractivity contribution in [2.24, 2.45) is 0 Å². The zero-order valence-corrected chi connectivity index (χ0v) is 15.0. The Hall–Kier alpha value is -2.18. The van der Waals surface area contributed by atoms with Gasteiger partial charge in [-0.2, -0.15) is 10.2 Å². The third-order valence-electron chi connectivity index (χ3n) is 5.26. The normalized spacial score (nSPS) is 20.9. The third kappa shape index (κ3) is 3.60. The first kappa shape index (κ1) is 16.3. The molecule has 0 bridgehead atoms. The average Bonchev–Trinajstić information content (AvgIpc) is 3.25. The molecule has 1 saturated carbocycles. The van der Waals surface area contributed by atoms with Crippen LogP contribution in [-0.4, -0.2) is 48.9 Å². The molecule has 1 aliphatic heterocycles. The van der Waals surface area contributed by atoms with Gasteiger partial charge in [0.2, 0.25) is 5.91 Å². The number of amides is 1. The van der Waals surface area contributed by atoms with Gasteiger partial charge in [0.1, 0.15) is 5.82 Å². The van der Waals surface area contributed by atoms with Crippen molar-refractivity contribution in [3.8, 4) is 0 Å². The van der Waals surface area contributed by atoms with Crippen molar-refractivity contribution >= 4 is 5.91 Å². The molecule has 2 fully saturated rings. The molecule has 7 nitrogen and oxygen atoms in total. The summed E-state index contributed by atoms with van der Waals surface area (Å²) in [7, 11) is 0. The molecule has 1 atom stereocenters. The first-order valence-electron chi connectivity index (χ1n) is 9.31. The number of carbonyl (C=O) groups excluding carboxylic acids is 1. The molecular formula is C18H26N6O. The van der Waals surface area contributed by atoms with Gasteiger partial charge in [-0.15, -0.1) is 0 Å². The number of nitrogens with zero attached hydrogens (tertiary/aromatic N) is 5. The van der Waals surface area contributed by atoms with E-state index in [-0.39, 0.29) is 11.8 Å². The zero-order chi connectivity index (χ0) is 17.4. The largest absolute Gasteiger partial charge is 0.342 e. The van der Waals surface area contributed by atoms with E-state index in [1.165, 1.54) is 12.8 Å². The minimum atomic E-state index is 0.204. The molecule has 2 aliphatic rings. The molecule has 1 unspecified atom stereocenters. The number of aromatic nitrogens is 5. The van der Waals surface area contributed by atoms with Crippen LogP contribution < -0.4 is 0 Å². The van der Waals surface area contributed by atoms with Crippen molar-refractivity contribution in [3.63, 3.8) is 0 Å². The maximum atomic E-state index is 12.6. The van der Waals surface area contributed by atoms with Gasteiger partial charge in [-0.25, -0.2) is 4.98 Å². The SMILES string of the molecule is Cc1cc(C)n(CCC(=O)N2CCCC(c3n[nH]c(C4CC4)n3)C2)n1. The van der Waals surface area contributed by atoms with Crippen LogP contribution in [0, 0.1) is 13.8 Å². The van der Waals surface area contributed by atoms with Crippen molar-refractivity contribution in [1.29, 1.82) is 0 Å². The second-order valence-corrected chi connectivity index (χ2v) is 7.43. The summed E-state index contributed by atoms with van der Waals surface area (Å²) in [6, 6.07) is 2.04. The fraction of sp³-hybridized carbons (Fsp3) is 0.667. The summed E-state index contributed by atoms with van der Waals surface area (Å²) in [4.78, 5) is 19.3. The van der Waals surface area contributed by atoms with Gasteiger partial charge < -0.3 is 4.90 Å². The van der Waals surface area contributed by atoms with E-state index < -0.39 is 0 Å². The molecule has 0 aromatic carbocycles. The molecule has 4 rings (SSSR count). The first-order chi connectivity index (χ1) is 12.1. The van der Waals surface area contributed by atoms with Gasteiger partial charge in [-0.05, 0) is 45.6 Å². The quantitative estimate of drug-likeness (QED) is 0.904. The van der Waals surface area contributed by atoms with Crippen molar-refractivity contribution in [1.82, 2.24) is 29.9 Å². The smallest absolute Gasteiger partial charge is 0.224 e. The summed E-state index contributed by atoms with van der Waals surface area (Å²) in [6.45, 7) is 6.23. The number of aryl methyl sites for hydroxylation is 3. The van der Waals surface area contributed by atoms with Crippen LogP contribution in [0.2, 0.25) is 0 Å². The van der Waals surface area contributed by atoms with E-state index in [4.69, 9.17) is 0 Å². The number of hydrogen-bond acceptors (Lipinski definition) is 4. The zero-order valence-electron chi connectivity index (χ0n) is 15.0. The molecule has 3 heterocycles. The van der Waals surface area contributed by atoms with Crippen molar-refractivity contribution in [2.75, 3.05) is 13.1 Å². The molecule has 0 radical (unpaired) electrons. The van der Waals surface area contributed by atoms with Crippen LogP contribution in [0.15, 0.2) is 6.07 Å². The average molecular weight is 342 g/mol. The molecule has 2 aromatic rings. The van der Waals surface area contributed by atoms with Gasteiger partial charge in [0, 0.05) is 43.6 Å². The van der Waals surface area contributed by atoms with E-state index in [0.717, 1.165) is 49.0 Å².